The van der Waals surface area contributed by atoms with Gasteiger partial charge in [0.25, 0.3) is 0 Å². The molecule has 31 heavy (non-hydrogen) atoms. The predicted molar refractivity (Wildman–Crippen MR) is 126 cm³/mol. The van der Waals surface area contributed by atoms with Gasteiger partial charge >= 0.3 is 0 Å². The fraction of sp³-hybridized carbons (Fsp3) is 0.174. The summed E-state index contributed by atoms with van der Waals surface area (Å²) in [5, 5.41) is 6.50. The van der Waals surface area contributed by atoms with Gasteiger partial charge in [0.2, 0.25) is 17.8 Å². The molecule has 8 heteroatoms. The van der Waals surface area contributed by atoms with Gasteiger partial charge in [0.1, 0.15) is 0 Å². The van der Waals surface area contributed by atoms with Crippen molar-refractivity contribution in [2.45, 2.75) is 12.8 Å². The summed E-state index contributed by atoms with van der Waals surface area (Å²) in [5.41, 5.74) is 12.6. The highest BCUT2D eigenvalue weighted by molar-refractivity contribution is 5.68. The molecule has 4 N–H and O–H groups in total. The van der Waals surface area contributed by atoms with Crippen molar-refractivity contribution in [2.24, 2.45) is 0 Å². The number of anilines is 7. The van der Waals surface area contributed by atoms with Crippen LogP contribution in [-0.4, -0.2) is 29.0 Å². The SMILES string of the molecule is CN1C=CCc2cc(Nc3nc(N)nc(Nc4ccc5c(c4)CC=CN5C)n3)ccc21. The maximum Gasteiger partial charge on any atom is 0.233 e. The lowest BCUT2D eigenvalue weighted by Gasteiger charge is -2.23. The average molecular weight is 413 g/mol. The number of hydrogen-bond donors (Lipinski definition) is 3. The van der Waals surface area contributed by atoms with Gasteiger partial charge in [-0.05, 0) is 60.4 Å². The maximum atomic E-state index is 5.95. The van der Waals surface area contributed by atoms with Crippen LogP contribution in [0.4, 0.5) is 40.6 Å². The van der Waals surface area contributed by atoms with Crippen LogP contribution in [0, 0.1) is 0 Å². The zero-order valence-corrected chi connectivity index (χ0v) is 17.5. The molecule has 0 spiro atoms. The summed E-state index contributed by atoms with van der Waals surface area (Å²) in [6, 6.07) is 12.4. The number of nitrogen functional groups attached to an aromatic ring is 1. The number of hydrogen-bond acceptors (Lipinski definition) is 8. The van der Waals surface area contributed by atoms with E-state index < -0.39 is 0 Å². The van der Waals surface area contributed by atoms with E-state index in [-0.39, 0.29) is 5.95 Å². The fourth-order valence-corrected chi connectivity index (χ4v) is 3.94. The van der Waals surface area contributed by atoms with E-state index in [0.717, 1.165) is 24.2 Å². The second kappa shape index (κ2) is 7.64. The van der Waals surface area contributed by atoms with Crippen molar-refractivity contribution in [3.05, 3.63) is 72.1 Å². The Morgan fingerprint density at radius 3 is 1.71 bits per heavy atom. The summed E-state index contributed by atoms with van der Waals surface area (Å²) in [7, 11) is 4.09. The third kappa shape index (κ3) is 3.87. The smallest absolute Gasteiger partial charge is 0.233 e. The molecule has 2 aromatic carbocycles. The molecule has 0 bridgehead atoms. The van der Waals surface area contributed by atoms with Gasteiger partial charge in [-0.15, -0.1) is 0 Å². The zero-order valence-electron chi connectivity index (χ0n) is 17.5. The van der Waals surface area contributed by atoms with Crippen LogP contribution in [0.2, 0.25) is 0 Å². The van der Waals surface area contributed by atoms with Crippen molar-refractivity contribution in [1.29, 1.82) is 0 Å². The molecule has 3 aromatic rings. The molecule has 156 valence electrons. The Kier molecular flexibility index (Phi) is 4.66. The standard InChI is InChI=1S/C23H24N8/c1-30-11-3-5-15-13-17(7-9-19(15)30)25-22-27-21(24)28-23(29-22)26-18-8-10-20-16(14-18)6-4-12-31(20)2/h3-4,7-14H,5-6H2,1-2H3,(H4,24,25,26,27,28,29). The average Bonchev–Trinajstić information content (AvgIpc) is 2.73. The minimum atomic E-state index is 0.154. The lowest BCUT2D eigenvalue weighted by molar-refractivity contribution is 1.06. The number of aromatic nitrogens is 3. The van der Waals surface area contributed by atoms with Gasteiger partial charge in [-0.3, -0.25) is 0 Å². The van der Waals surface area contributed by atoms with Gasteiger partial charge in [-0.25, -0.2) is 0 Å². The number of rotatable bonds is 4. The summed E-state index contributed by atoms with van der Waals surface area (Å²) in [6.45, 7) is 0. The minimum absolute atomic E-state index is 0.154. The zero-order chi connectivity index (χ0) is 21.4. The predicted octanol–water partition coefficient (Wildman–Crippen LogP) is 3.95. The molecule has 0 fully saturated rings. The summed E-state index contributed by atoms with van der Waals surface area (Å²) in [4.78, 5) is 17.2. The molecule has 0 saturated carbocycles. The van der Waals surface area contributed by atoms with E-state index in [9.17, 15) is 0 Å². The lowest BCUT2D eigenvalue weighted by atomic mass is 10.1. The monoisotopic (exact) mass is 412 g/mol. The Morgan fingerprint density at radius 2 is 1.23 bits per heavy atom. The first-order chi connectivity index (χ1) is 15.0. The summed E-state index contributed by atoms with van der Waals surface area (Å²) < 4.78 is 0. The van der Waals surface area contributed by atoms with Crippen molar-refractivity contribution in [3.63, 3.8) is 0 Å². The van der Waals surface area contributed by atoms with Crippen molar-refractivity contribution >= 4 is 40.6 Å². The van der Waals surface area contributed by atoms with Crippen LogP contribution in [-0.2, 0) is 12.8 Å². The molecule has 8 nitrogen and oxygen atoms in total. The summed E-state index contributed by atoms with van der Waals surface area (Å²) >= 11 is 0. The molecule has 1 aromatic heterocycles. The molecular formula is C23H24N8. The highest BCUT2D eigenvalue weighted by Gasteiger charge is 2.13. The van der Waals surface area contributed by atoms with Gasteiger partial charge in [-0.1, -0.05) is 12.2 Å². The Hall–Kier alpha value is -4.07. The summed E-state index contributed by atoms with van der Waals surface area (Å²) in [5.74, 6) is 0.951. The molecule has 0 aliphatic carbocycles. The molecule has 5 rings (SSSR count). The van der Waals surface area contributed by atoms with Crippen molar-refractivity contribution < 1.29 is 0 Å². The van der Waals surface area contributed by atoms with Gasteiger partial charge in [0.05, 0.1) is 0 Å². The fourth-order valence-electron chi connectivity index (χ4n) is 3.94. The number of nitrogens with two attached hydrogens (primary N) is 1. The molecular weight excluding hydrogens is 388 g/mol. The first kappa shape index (κ1) is 18.9. The number of benzene rings is 2. The van der Waals surface area contributed by atoms with Crippen LogP contribution in [0.25, 0.3) is 0 Å². The van der Waals surface area contributed by atoms with Gasteiger partial charge in [0, 0.05) is 49.2 Å². The van der Waals surface area contributed by atoms with Crippen LogP contribution in [0.3, 0.4) is 0 Å². The Labute approximate surface area is 181 Å². The van der Waals surface area contributed by atoms with E-state index in [2.05, 4.69) is 84.2 Å². The molecule has 0 unspecified atom stereocenters. The largest absolute Gasteiger partial charge is 0.368 e. The minimum Gasteiger partial charge on any atom is -0.368 e. The Balaban J connectivity index is 1.37. The highest BCUT2D eigenvalue weighted by Crippen LogP contribution is 2.30. The molecule has 0 radical (unpaired) electrons. The van der Waals surface area contributed by atoms with E-state index in [1.54, 1.807) is 0 Å². The van der Waals surface area contributed by atoms with Crippen LogP contribution < -0.4 is 26.2 Å². The van der Waals surface area contributed by atoms with E-state index in [1.807, 2.05) is 26.2 Å². The van der Waals surface area contributed by atoms with E-state index in [0.29, 0.717) is 11.9 Å². The molecule has 0 saturated heterocycles. The van der Waals surface area contributed by atoms with Crippen LogP contribution in [0.1, 0.15) is 11.1 Å². The first-order valence-corrected chi connectivity index (χ1v) is 10.2. The molecule has 2 aliphatic rings. The van der Waals surface area contributed by atoms with Gasteiger partial charge < -0.3 is 26.2 Å². The van der Waals surface area contributed by atoms with Crippen molar-refractivity contribution in [2.75, 3.05) is 40.3 Å². The highest BCUT2D eigenvalue weighted by atomic mass is 15.2. The number of fused-ring (bicyclic) bond motifs is 2. The van der Waals surface area contributed by atoms with Gasteiger partial charge in [0.15, 0.2) is 0 Å². The third-order valence-electron chi connectivity index (χ3n) is 5.42. The normalized spacial score (nSPS) is 14.3. The maximum absolute atomic E-state index is 5.95. The second-order valence-corrected chi connectivity index (χ2v) is 7.68. The summed E-state index contributed by atoms with van der Waals surface area (Å²) in [6.07, 6.45) is 10.2. The van der Waals surface area contributed by atoms with E-state index >= 15 is 0 Å². The van der Waals surface area contributed by atoms with Crippen LogP contribution in [0.15, 0.2) is 61.0 Å². The Bertz CT molecular complexity index is 1110. The Morgan fingerprint density at radius 1 is 0.742 bits per heavy atom. The van der Waals surface area contributed by atoms with Crippen LogP contribution >= 0.6 is 0 Å². The molecule has 3 heterocycles. The number of nitrogens with one attached hydrogen (secondary N) is 2. The quantitative estimate of drug-likeness (QED) is 0.593. The van der Waals surface area contributed by atoms with Gasteiger partial charge in [-0.2, -0.15) is 15.0 Å². The number of nitrogens with zero attached hydrogens (tertiary/aromatic N) is 5. The second-order valence-electron chi connectivity index (χ2n) is 7.68. The molecule has 0 amide bonds. The lowest BCUT2D eigenvalue weighted by Crippen LogP contribution is -2.14. The molecule has 0 atom stereocenters. The first-order valence-electron chi connectivity index (χ1n) is 10.2. The van der Waals surface area contributed by atoms with Crippen molar-refractivity contribution in [1.82, 2.24) is 15.0 Å². The number of allylic oxidation sites excluding steroid dienone is 2. The third-order valence-corrected chi connectivity index (χ3v) is 5.42. The van der Waals surface area contributed by atoms with Crippen LogP contribution in [0.5, 0.6) is 0 Å². The van der Waals surface area contributed by atoms with Crippen molar-refractivity contribution in [3.8, 4) is 0 Å². The van der Waals surface area contributed by atoms with E-state index in [4.69, 9.17) is 5.73 Å². The molecule has 2 aliphatic heterocycles. The van der Waals surface area contributed by atoms with E-state index in [1.165, 1.54) is 22.5 Å². The topological polar surface area (TPSA) is 95.2 Å².